The quantitative estimate of drug-likeness (QED) is 0.354. The highest BCUT2D eigenvalue weighted by atomic mass is 32.2. The van der Waals surface area contributed by atoms with Crippen molar-refractivity contribution in [1.82, 2.24) is 18.9 Å². The molecule has 5 heterocycles. The molecule has 1 aliphatic heterocycles. The van der Waals surface area contributed by atoms with Crippen LogP contribution in [0.15, 0.2) is 59.8 Å². The number of H-pyrrole nitrogens is 1. The molecule has 0 spiro atoms. The third-order valence-electron chi connectivity index (χ3n) is 6.40. The molecule has 1 N–H and O–H groups in total. The average molecular weight is 521 g/mol. The minimum atomic E-state index is -4.06. The second-order valence-corrected chi connectivity index (χ2v) is 10.4. The van der Waals surface area contributed by atoms with Crippen molar-refractivity contribution in [1.29, 1.82) is 0 Å². The Morgan fingerprint density at radius 2 is 1.81 bits per heavy atom. The zero-order chi connectivity index (χ0) is 25.7. The molecule has 0 atom stereocenters. The summed E-state index contributed by atoms with van der Waals surface area (Å²) < 4.78 is 51.7. The van der Waals surface area contributed by atoms with Gasteiger partial charge in [0.05, 0.1) is 43.5 Å². The highest BCUT2D eigenvalue weighted by Crippen LogP contribution is 2.40. The van der Waals surface area contributed by atoms with Crippen LogP contribution >= 0.6 is 0 Å². The van der Waals surface area contributed by atoms with Gasteiger partial charge in [0.25, 0.3) is 15.9 Å². The molecule has 10 nitrogen and oxygen atoms in total. The van der Waals surface area contributed by atoms with Gasteiger partial charge in [0.2, 0.25) is 0 Å². The molecule has 6 rings (SSSR count). The predicted octanol–water partition coefficient (Wildman–Crippen LogP) is 4.19. The molecule has 190 valence electrons. The fourth-order valence-electron chi connectivity index (χ4n) is 4.58. The van der Waals surface area contributed by atoms with Crippen molar-refractivity contribution in [3.63, 3.8) is 0 Å². The molecule has 11 heteroatoms. The maximum Gasteiger partial charge on any atom is 0.269 e. The minimum Gasteiger partial charge on any atom is -0.491 e. The molecule has 1 aliphatic rings. The summed E-state index contributed by atoms with van der Waals surface area (Å²) in [6, 6.07) is 12.0. The number of hydrogen-bond donors (Lipinski definition) is 1. The van der Waals surface area contributed by atoms with E-state index in [4.69, 9.17) is 18.9 Å². The van der Waals surface area contributed by atoms with Crippen LogP contribution in [0.4, 0.5) is 0 Å². The van der Waals surface area contributed by atoms with E-state index in [1.807, 2.05) is 6.92 Å². The lowest BCUT2D eigenvalue weighted by molar-refractivity contribution is -0.0430. The van der Waals surface area contributed by atoms with Gasteiger partial charge in [-0.2, -0.15) is 0 Å². The van der Waals surface area contributed by atoms with Crippen molar-refractivity contribution < 1.29 is 27.4 Å². The first-order valence-electron chi connectivity index (χ1n) is 11.6. The number of nitrogens with zero attached hydrogens (tertiary/aromatic N) is 3. The number of fused-ring (bicyclic) bond motifs is 2. The van der Waals surface area contributed by atoms with Crippen molar-refractivity contribution >= 4 is 32.1 Å². The number of aromatic nitrogens is 4. The third kappa shape index (κ3) is 3.74. The summed E-state index contributed by atoms with van der Waals surface area (Å²) in [5.74, 6) is 0.738. The molecule has 1 fully saturated rings. The Labute approximate surface area is 212 Å². The van der Waals surface area contributed by atoms with Gasteiger partial charge >= 0.3 is 0 Å². The van der Waals surface area contributed by atoms with Gasteiger partial charge in [0, 0.05) is 35.0 Å². The number of aromatic amines is 1. The Morgan fingerprint density at radius 1 is 1.05 bits per heavy atom. The molecule has 5 aromatic rings. The Kier molecular flexibility index (Phi) is 5.63. The highest BCUT2D eigenvalue weighted by molar-refractivity contribution is 7.90. The standard InChI is InChI=1S/C26H24N4O6S/c1-15-4-6-16(7-5-15)37(31,32)30-21(12-18-17(8-9-27-24(18)30)26-35-10-11-36-26)19-14-28-20-13-22(33-2)25(34-3)29-23(19)20/h4-9,12-14,26,28H,10-11H2,1-3H3. The monoisotopic (exact) mass is 520 g/mol. The average Bonchev–Trinajstić information content (AvgIpc) is 3.66. The van der Waals surface area contributed by atoms with Crippen molar-refractivity contribution in [3.05, 3.63) is 66.0 Å². The van der Waals surface area contributed by atoms with Gasteiger partial charge in [-0.05, 0) is 31.2 Å². The number of hydrogen-bond acceptors (Lipinski definition) is 8. The van der Waals surface area contributed by atoms with Crippen molar-refractivity contribution in [2.45, 2.75) is 18.1 Å². The Balaban J connectivity index is 1.67. The number of ether oxygens (including phenoxy) is 4. The molecular weight excluding hydrogens is 496 g/mol. The summed E-state index contributed by atoms with van der Waals surface area (Å²) >= 11 is 0. The lowest BCUT2D eigenvalue weighted by atomic mass is 10.1. The second-order valence-electron chi connectivity index (χ2n) is 8.62. The van der Waals surface area contributed by atoms with Gasteiger partial charge in [-0.1, -0.05) is 17.7 Å². The minimum absolute atomic E-state index is 0.143. The molecule has 0 saturated carbocycles. The molecule has 1 saturated heterocycles. The van der Waals surface area contributed by atoms with E-state index in [0.717, 1.165) is 5.56 Å². The molecule has 0 aliphatic carbocycles. The van der Waals surface area contributed by atoms with Crippen LogP contribution in [-0.2, 0) is 19.5 Å². The van der Waals surface area contributed by atoms with Gasteiger partial charge in [0.15, 0.2) is 17.7 Å². The van der Waals surface area contributed by atoms with Crippen LogP contribution in [0.3, 0.4) is 0 Å². The van der Waals surface area contributed by atoms with E-state index in [9.17, 15) is 8.42 Å². The third-order valence-corrected chi connectivity index (χ3v) is 8.12. The van der Waals surface area contributed by atoms with Crippen molar-refractivity contribution in [3.8, 4) is 22.9 Å². The van der Waals surface area contributed by atoms with Crippen LogP contribution in [0.2, 0.25) is 0 Å². The maximum atomic E-state index is 14.1. The normalized spacial score (nSPS) is 14.6. The fourth-order valence-corrected chi connectivity index (χ4v) is 6.06. The number of pyridine rings is 2. The number of rotatable bonds is 6. The van der Waals surface area contributed by atoms with Crippen LogP contribution in [0, 0.1) is 6.92 Å². The summed E-state index contributed by atoms with van der Waals surface area (Å²) in [6.07, 6.45) is 2.67. The van der Waals surface area contributed by atoms with Crippen LogP contribution < -0.4 is 9.47 Å². The number of nitrogens with one attached hydrogen (secondary N) is 1. The Hall–Kier alpha value is -3.93. The topological polar surface area (TPSA) is 118 Å². The van der Waals surface area contributed by atoms with E-state index < -0.39 is 16.3 Å². The Bertz CT molecular complexity index is 1730. The second kappa shape index (κ2) is 8.87. The summed E-state index contributed by atoms with van der Waals surface area (Å²) in [5.41, 5.74) is 4.05. The smallest absolute Gasteiger partial charge is 0.269 e. The van der Waals surface area contributed by atoms with Crippen molar-refractivity contribution in [2.75, 3.05) is 27.4 Å². The van der Waals surface area contributed by atoms with E-state index in [-0.39, 0.29) is 16.4 Å². The summed E-state index contributed by atoms with van der Waals surface area (Å²) in [5, 5.41) is 0.606. The Morgan fingerprint density at radius 3 is 2.51 bits per heavy atom. The number of benzene rings is 1. The molecule has 37 heavy (non-hydrogen) atoms. The van der Waals surface area contributed by atoms with Gasteiger partial charge in [-0.25, -0.2) is 22.4 Å². The van der Waals surface area contributed by atoms with Crippen LogP contribution in [0.25, 0.3) is 33.3 Å². The molecule has 0 amide bonds. The first kappa shape index (κ1) is 23.5. The van der Waals surface area contributed by atoms with Gasteiger partial charge in [-0.15, -0.1) is 0 Å². The van der Waals surface area contributed by atoms with Gasteiger partial charge in [-0.3, -0.25) is 0 Å². The SMILES string of the molecule is COc1cc2[nH]cc(-c3cc4c(C5OCCO5)ccnc4n3S(=O)(=O)c3ccc(C)cc3)c2nc1OC. The van der Waals surface area contributed by atoms with Crippen LogP contribution in [-0.4, -0.2) is 54.8 Å². The number of methoxy groups -OCH3 is 2. The summed E-state index contributed by atoms with van der Waals surface area (Å²) in [6.45, 7) is 2.82. The molecule has 0 radical (unpaired) electrons. The first-order valence-corrected chi connectivity index (χ1v) is 13.0. The van der Waals surface area contributed by atoms with Crippen molar-refractivity contribution in [2.24, 2.45) is 0 Å². The molecule has 0 bridgehead atoms. The van der Waals surface area contributed by atoms with E-state index >= 15 is 0 Å². The van der Waals surface area contributed by atoms with E-state index in [1.165, 1.54) is 18.2 Å². The molecule has 4 aromatic heterocycles. The fraction of sp³-hybridized carbons (Fsp3) is 0.231. The summed E-state index contributed by atoms with van der Waals surface area (Å²) in [7, 11) is -1.03. The van der Waals surface area contributed by atoms with Crippen LogP contribution in [0.5, 0.6) is 11.6 Å². The zero-order valence-corrected chi connectivity index (χ0v) is 21.2. The van der Waals surface area contributed by atoms with E-state index in [0.29, 0.717) is 52.2 Å². The predicted molar refractivity (Wildman–Crippen MR) is 136 cm³/mol. The maximum absolute atomic E-state index is 14.1. The lowest BCUT2D eigenvalue weighted by Crippen LogP contribution is -2.15. The highest BCUT2D eigenvalue weighted by Gasteiger charge is 2.30. The zero-order valence-electron chi connectivity index (χ0n) is 20.4. The van der Waals surface area contributed by atoms with E-state index in [2.05, 4.69) is 15.0 Å². The van der Waals surface area contributed by atoms with Gasteiger partial charge < -0.3 is 23.9 Å². The molecule has 0 unspecified atom stereocenters. The van der Waals surface area contributed by atoms with Crippen LogP contribution in [0.1, 0.15) is 17.4 Å². The van der Waals surface area contributed by atoms with Gasteiger partial charge in [0.1, 0.15) is 5.52 Å². The lowest BCUT2D eigenvalue weighted by Gasteiger charge is -2.13. The molecular formula is C26H24N4O6S. The van der Waals surface area contributed by atoms with E-state index in [1.54, 1.807) is 54.9 Å². The first-order chi connectivity index (χ1) is 17.9. The largest absolute Gasteiger partial charge is 0.491 e. The molecule has 1 aromatic carbocycles. The number of aryl methyl sites for hydroxylation is 1. The summed E-state index contributed by atoms with van der Waals surface area (Å²) in [4.78, 5) is 12.4.